The van der Waals surface area contributed by atoms with Gasteiger partial charge in [-0.3, -0.25) is 4.18 Å². The van der Waals surface area contributed by atoms with Crippen LogP contribution in [0.2, 0.25) is 5.02 Å². The molecule has 7 heteroatoms. The first-order chi connectivity index (χ1) is 13.4. The van der Waals surface area contributed by atoms with Gasteiger partial charge in [-0.2, -0.15) is 8.42 Å². The maximum Gasteiger partial charge on any atom is 0.297 e. The molecule has 0 heterocycles. The summed E-state index contributed by atoms with van der Waals surface area (Å²) in [6.07, 6.45) is 0. The van der Waals surface area contributed by atoms with Crippen molar-refractivity contribution in [3.8, 4) is 17.2 Å². The highest BCUT2D eigenvalue weighted by Crippen LogP contribution is 2.25. The van der Waals surface area contributed by atoms with Gasteiger partial charge >= 0.3 is 0 Å². The summed E-state index contributed by atoms with van der Waals surface area (Å²) in [4.78, 5) is 0.127. The zero-order chi connectivity index (χ0) is 20.0. The van der Waals surface area contributed by atoms with Gasteiger partial charge in [-0.15, -0.1) is 0 Å². The van der Waals surface area contributed by atoms with Crippen molar-refractivity contribution in [2.24, 2.45) is 0 Å². The van der Waals surface area contributed by atoms with Crippen LogP contribution >= 0.6 is 11.6 Å². The minimum Gasteiger partial charge on any atom is -0.491 e. The van der Waals surface area contributed by atoms with Crippen LogP contribution in [-0.2, 0) is 14.3 Å². The molecule has 3 aromatic carbocycles. The van der Waals surface area contributed by atoms with Gasteiger partial charge in [0.15, 0.2) is 0 Å². The number of ether oxygens (including phenoxy) is 2. The number of benzene rings is 3. The monoisotopic (exact) mass is 418 g/mol. The third-order valence-electron chi connectivity index (χ3n) is 3.77. The standard InChI is InChI=1S/C21H19ClO5S/c1-16-2-12-21(13-3-16)28(23,24)26-15-14-25-18-8-10-20(11-9-18)27-19-6-4-17(22)5-7-19/h2-13H,14-15H2,1H3. The van der Waals surface area contributed by atoms with Crippen molar-refractivity contribution in [1.82, 2.24) is 0 Å². The Bertz CT molecular complexity index is 998. The lowest BCUT2D eigenvalue weighted by molar-refractivity contribution is 0.221. The third kappa shape index (κ3) is 5.73. The second kappa shape index (κ2) is 9.10. The van der Waals surface area contributed by atoms with E-state index in [0.717, 1.165) is 5.56 Å². The molecule has 0 N–H and O–H groups in total. The molecule has 0 aromatic heterocycles. The highest BCUT2D eigenvalue weighted by atomic mass is 35.5. The fourth-order valence-corrected chi connectivity index (χ4v) is 3.34. The van der Waals surface area contributed by atoms with E-state index >= 15 is 0 Å². The van der Waals surface area contributed by atoms with E-state index in [1.807, 2.05) is 6.92 Å². The van der Waals surface area contributed by atoms with Crippen molar-refractivity contribution < 1.29 is 22.1 Å². The average molecular weight is 419 g/mol. The molecule has 146 valence electrons. The third-order valence-corrected chi connectivity index (χ3v) is 5.35. The first-order valence-corrected chi connectivity index (χ1v) is 10.3. The zero-order valence-corrected chi connectivity index (χ0v) is 16.7. The van der Waals surface area contributed by atoms with Gasteiger partial charge in [0, 0.05) is 5.02 Å². The summed E-state index contributed by atoms with van der Waals surface area (Å²) in [5, 5.41) is 0.641. The number of rotatable bonds is 8. The summed E-state index contributed by atoms with van der Waals surface area (Å²) in [5.41, 5.74) is 0.978. The number of hydrogen-bond donors (Lipinski definition) is 0. The molecule has 3 rings (SSSR count). The molecule has 3 aromatic rings. The van der Waals surface area contributed by atoms with Gasteiger partial charge in [0.25, 0.3) is 10.1 Å². The van der Waals surface area contributed by atoms with E-state index in [0.29, 0.717) is 22.3 Å². The molecule has 0 aliphatic rings. The summed E-state index contributed by atoms with van der Waals surface area (Å²) in [5.74, 6) is 1.90. The Kier molecular flexibility index (Phi) is 6.57. The molecule has 0 unspecified atom stereocenters. The molecule has 5 nitrogen and oxygen atoms in total. The summed E-state index contributed by atoms with van der Waals surface area (Å²) in [6.45, 7) is 1.90. The van der Waals surface area contributed by atoms with Crippen LogP contribution in [0.15, 0.2) is 77.7 Å². The van der Waals surface area contributed by atoms with Crippen LogP contribution in [0.5, 0.6) is 17.2 Å². The van der Waals surface area contributed by atoms with Crippen LogP contribution in [0.25, 0.3) is 0 Å². The van der Waals surface area contributed by atoms with Gasteiger partial charge in [-0.25, -0.2) is 0 Å². The highest BCUT2D eigenvalue weighted by molar-refractivity contribution is 7.86. The molecule has 0 aliphatic carbocycles. The van der Waals surface area contributed by atoms with Gasteiger partial charge in [0.05, 0.1) is 4.90 Å². The summed E-state index contributed by atoms with van der Waals surface area (Å²) in [7, 11) is -3.79. The van der Waals surface area contributed by atoms with Crippen molar-refractivity contribution in [3.63, 3.8) is 0 Å². The first-order valence-electron chi connectivity index (χ1n) is 8.55. The SMILES string of the molecule is Cc1ccc(S(=O)(=O)OCCOc2ccc(Oc3ccc(Cl)cc3)cc2)cc1. The Morgan fingerprint density at radius 2 is 1.29 bits per heavy atom. The Hall–Kier alpha value is -2.54. The van der Waals surface area contributed by atoms with E-state index in [9.17, 15) is 8.42 Å². The molecule has 0 saturated heterocycles. The normalized spacial score (nSPS) is 11.2. The molecule has 0 saturated carbocycles. The molecule has 0 amide bonds. The molecule has 0 spiro atoms. The molecule has 28 heavy (non-hydrogen) atoms. The first kappa shape index (κ1) is 20.2. The fourth-order valence-electron chi connectivity index (χ4n) is 2.32. The van der Waals surface area contributed by atoms with Gasteiger partial charge in [-0.1, -0.05) is 29.3 Å². The topological polar surface area (TPSA) is 61.8 Å². The minimum absolute atomic E-state index is 0.0841. The van der Waals surface area contributed by atoms with E-state index < -0.39 is 10.1 Å². The smallest absolute Gasteiger partial charge is 0.297 e. The highest BCUT2D eigenvalue weighted by Gasteiger charge is 2.14. The van der Waals surface area contributed by atoms with E-state index in [1.165, 1.54) is 12.1 Å². The van der Waals surface area contributed by atoms with Crippen LogP contribution in [-0.4, -0.2) is 21.6 Å². The van der Waals surface area contributed by atoms with Crippen molar-refractivity contribution in [1.29, 1.82) is 0 Å². The van der Waals surface area contributed by atoms with Gasteiger partial charge < -0.3 is 9.47 Å². The van der Waals surface area contributed by atoms with Crippen LogP contribution in [0.4, 0.5) is 0 Å². The Morgan fingerprint density at radius 3 is 1.89 bits per heavy atom. The average Bonchev–Trinajstić information content (AvgIpc) is 2.69. The Balaban J connectivity index is 1.47. The van der Waals surface area contributed by atoms with Gasteiger partial charge in [0.1, 0.15) is 30.5 Å². The number of halogens is 1. The Labute approximate surface area is 169 Å². The van der Waals surface area contributed by atoms with E-state index in [4.69, 9.17) is 25.3 Å². The van der Waals surface area contributed by atoms with Crippen molar-refractivity contribution >= 4 is 21.7 Å². The van der Waals surface area contributed by atoms with Crippen LogP contribution < -0.4 is 9.47 Å². The second-order valence-corrected chi connectivity index (χ2v) is 8.02. The van der Waals surface area contributed by atoms with E-state index in [-0.39, 0.29) is 18.1 Å². The lowest BCUT2D eigenvalue weighted by atomic mass is 10.2. The van der Waals surface area contributed by atoms with Crippen molar-refractivity contribution in [2.45, 2.75) is 11.8 Å². The zero-order valence-electron chi connectivity index (χ0n) is 15.2. The molecule has 0 aliphatic heterocycles. The quantitative estimate of drug-likeness (QED) is 0.370. The lowest BCUT2D eigenvalue weighted by Crippen LogP contribution is -2.13. The summed E-state index contributed by atoms with van der Waals surface area (Å²) >= 11 is 5.85. The molecule has 0 radical (unpaired) electrons. The molecular formula is C21H19ClO5S. The summed E-state index contributed by atoms with van der Waals surface area (Å²) in [6, 6.07) is 20.5. The second-order valence-electron chi connectivity index (χ2n) is 5.97. The predicted octanol–water partition coefficient (Wildman–Crippen LogP) is 5.23. The maximum atomic E-state index is 12.1. The van der Waals surface area contributed by atoms with Crippen molar-refractivity contribution in [3.05, 3.63) is 83.4 Å². The van der Waals surface area contributed by atoms with Crippen LogP contribution in [0.3, 0.4) is 0 Å². The van der Waals surface area contributed by atoms with Crippen LogP contribution in [0.1, 0.15) is 5.56 Å². The van der Waals surface area contributed by atoms with E-state index in [1.54, 1.807) is 60.7 Å². The van der Waals surface area contributed by atoms with Crippen LogP contribution in [0, 0.1) is 6.92 Å². The lowest BCUT2D eigenvalue weighted by Gasteiger charge is -2.09. The minimum atomic E-state index is -3.79. The maximum absolute atomic E-state index is 12.1. The molecule has 0 fully saturated rings. The fraction of sp³-hybridized carbons (Fsp3) is 0.143. The molecular weight excluding hydrogens is 400 g/mol. The molecule has 0 bridgehead atoms. The van der Waals surface area contributed by atoms with E-state index in [2.05, 4.69) is 0 Å². The van der Waals surface area contributed by atoms with Gasteiger partial charge in [0.2, 0.25) is 0 Å². The summed E-state index contributed by atoms with van der Waals surface area (Å²) < 4.78 is 40.4. The van der Waals surface area contributed by atoms with Crippen molar-refractivity contribution in [2.75, 3.05) is 13.2 Å². The molecule has 0 atom stereocenters. The number of hydrogen-bond acceptors (Lipinski definition) is 5. The number of aryl methyl sites for hydroxylation is 1. The Morgan fingerprint density at radius 1 is 0.750 bits per heavy atom. The predicted molar refractivity (Wildman–Crippen MR) is 108 cm³/mol. The largest absolute Gasteiger partial charge is 0.491 e. The van der Waals surface area contributed by atoms with Gasteiger partial charge in [-0.05, 0) is 67.6 Å².